The minimum absolute atomic E-state index is 0.000337. The van der Waals surface area contributed by atoms with Crippen LogP contribution in [-0.4, -0.2) is 72.1 Å². The number of nitrogens with zero attached hydrogens (tertiary/aromatic N) is 2. The molecule has 1 aliphatic rings. The van der Waals surface area contributed by atoms with Crippen LogP contribution in [0.3, 0.4) is 0 Å². The molecule has 1 heterocycles. The minimum Gasteiger partial charge on any atom is -0.465 e. The van der Waals surface area contributed by atoms with Crippen molar-refractivity contribution in [1.82, 2.24) is 4.31 Å². The predicted octanol–water partition coefficient (Wildman–Crippen LogP) is 2.47. The van der Waals surface area contributed by atoms with Crippen molar-refractivity contribution in [3.63, 3.8) is 0 Å². The zero-order valence-electron chi connectivity index (χ0n) is 17.9. The molecule has 172 valence electrons. The molecule has 2 aromatic carbocycles. The number of hydrogen-bond acceptors (Lipinski definition) is 7. The van der Waals surface area contributed by atoms with Crippen LogP contribution < -0.4 is 10.2 Å². The van der Waals surface area contributed by atoms with Gasteiger partial charge in [-0.1, -0.05) is 11.6 Å². The van der Waals surface area contributed by atoms with Crippen molar-refractivity contribution < 1.29 is 27.5 Å². The predicted molar refractivity (Wildman–Crippen MR) is 121 cm³/mol. The maximum atomic E-state index is 12.9. The first kappa shape index (κ1) is 24.0. The summed E-state index contributed by atoms with van der Waals surface area (Å²) in [6, 6.07) is 9.00. The second-order valence-corrected chi connectivity index (χ2v) is 9.74. The van der Waals surface area contributed by atoms with Crippen molar-refractivity contribution in [2.24, 2.45) is 0 Å². The van der Waals surface area contributed by atoms with Gasteiger partial charge in [0.05, 0.1) is 36.6 Å². The number of benzene rings is 2. The number of morpholine rings is 1. The summed E-state index contributed by atoms with van der Waals surface area (Å²) in [6.07, 6.45) is 0. The third-order valence-electron chi connectivity index (χ3n) is 4.98. The average Bonchev–Trinajstić information content (AvgIpc) is 2.79. The van der Waals surface area contributed by atoms with Gasteiger partial charge >= 0.3 is 5.97 Å². The van der Waals surface area contributed by atoms with E-state index in [1.54, 1.807) is 18.2 Å². The summed E-state index contributed by atoms with van der Waals surface area (Å²) >= 11 is 6.05. The van der Waals surface area contributed by atoms with Crippen LogP contribution in [0.15, 0.2) is 41.3 Å². The van der Waals surface area contributed by atoms with Gasteiger partial charge in [-0.2, -0.15) is 0 Å². The zero-order valence-corrected chi connectivity index (χ0v) is 19.5. The monoisotopic (exact) mass is 481 g/mol. The maximum absolute atomic E-state index is 12.9. The fourth-order valence-corrected chi connectivity index (χ4v) is 4.57. The van der Waals surface area contributed by atoms with Crippen molar-refractivity contribution >= 4 is 44.9 Å². The molecule has 0 atom stereocenters. The van der Waals surface area contributed by atoms with Crippen LogP contribution in [0.2, 0.25) is 5.02 Å². The SMILES string of the molecule is COC(=O)c1cc(N2CCOCC2)ccc1NC(=O)c1ccc(Cl)c(S(=O)(=O)N(C)C)c1. The van der Waals surface area contributed by atoms with Crippen molar-refractivity contribution in [3.8, 4) is 0 Å². The van der Waals surface area contributed by atoms with Gasteiger partial charge in [0, 0.05) is 38.4 Å². The number of ether oxygens (including phenoxy) is 2. The second kappa shape index (κ2) is 9.86. The molecule has 1 amide bonds. The third kappa shape index (κ3) is 5.04. The fourth-order valence-electron chi connectivity index (χ4n) is 3.17. The number of methoxy groups -OCH3 is 1. The highest BCUT2D eigenvalue weighted by atomic mass is 35.5. The molecule has 3 rings (SSSR count). The molecule has 0 aliphatic carbocycles. The normalized spacial score (nSPS) is 14.3. The summed E-state index contributed by atoms with van der Waals surface area (Å²) in [7, 11) is 0.153. The number of sulfonamides is 1. The highest BCUT2D eigenvalue weighted by Crippen LogP contribution is 2.28. The number of esters is 1. The lowest BCUT2D eigenvalue weighted by atomic mass is 10.1. The summed E-state index contributed by atoms with van der Waals surface area (Å²) in [6.45, 7) is 2.53. The Bertz CT molecular complexity index is 1130. The molecule has 0 bridgehead atoms. The number of carbonyl (C=O) groups excluding carboxylic acids is 2. The molecule has 32 heavy (non-hydrogen) atoms. The minimum atomic E-state index is -3.85. The molecule has 2 aromatic rings. The van der Waals surface area contributed by atoms with Crippen molar-refractivity contribution in [2.45, 2.75) is 4.90 Å². The Labute approximate surface area is 191 Å². The fraction of sp³-hybridized carbons (Fsp3) is 0.333. The molecular formula is C21H24ClN3O6S. The standard InChI is InChI=1S/C21H24ClN3O6S/c1-24(2)32(28,29)19-12-14(4-6-17(19)22)20(26)23-18-7-5-15(13-16(18)21(27)30-3)25-8-10-31-11-9-25/h4-7,12-13H,8-11H2,1-3H3,(H,23,26). The lowest BCUT2D eigenvalue weighted by Gasteiger charge is -2.29. The van der Waals surface area contributed by atoms with Crippen molar-refractivity contribution in [2.75, 3.05) is 57.7 Å². The Morgan fingerprint density at radius 1 is 1.12 bits per heavy atom. The highest BCUT2D eigenvalue weighted by molar-refractivity contribution is 7.89. The number of amides is 1. The Balaban J connectivity index is 1.92. The molecule has 0 spiro atoms. The Kier molecular flexibility index (Phi) is 7.40. The molecule has 9 nitrogen and oxygen atoms in total. The molecule has 0 saturated carbocycles. The summed E-state index contributed by atoms with van der Waals surface area (Å²) in [5, 5.41) is 2.67. The van der Waals surface area contributed by atoms with Crippen molar-refractivity contribution in [1.29, 1.82) is 0 Å². The van der Waals surface area contributed by atoms with E-state index in [9.17, 15) is 18.0 Å². The lowest BCUT2D eigenvalue weighted by molar-refractivity contribution is 0.0602. The van der Waals surface area contributed by atoms with Crippen LogP contribution >= 0.6 is 11.6 Å². The van der Waals surface area contributed by atoms with E-state index in [0.29, 0.717) is 26.3 Å². The third-order valence-corrected chi connectivity index (χ3v) is 7.28. The van der Waals surface area contributed by atoms with E-state index in [1.807, 2.05) is 0 Å². The molecule has 1 saturated heterocycles. The van der Waals surface area contributed by atoms with Crippen LogP contribution in [0, 0.1) is 0 Å². The number of hydrogen-bond donors (Lipinski definition) is 1. The number of rotatable bonds is 6. The zero-order chi connectivity index (χ0) is 23.5. The molecule has 11 heteroatoms. The van der Waals surface area contributed by atoms with E-state index < -0.39 is 21.9 Å². The van der Waals surface area contributed by atoms with E-state index in [2.05, 4.69) is 10.2 Å². The molecule has 0 aromatic heterocycles. The van der Waals surface area contributed by atoms with Gasteiger partial charge in [0.2, 0.25) is 10.0 Å². The van der Waals surface area contributed by atoms with Crippen LogP contribution in [0.1, 0.15) is 20.7 Å². The van der Waals surface area contributed by atoms with E-state index in [1.165, 1.54) is 39.4 Å². The van der Waals surface area contributed by atoms with E-state index in [0.717, 1.165) is 9.99 Å². The molecule has 1 fully saturated rings. The Morgan fingerprint density at radius 2 is 1.81 bits per heavy atom. The maximum Gasteiger partial charge on any atom is 0.340 e. The van der Waals surface area contributed by atoms with Gasteiger partial charge in [-0.3, -0.25) is 4.79 Å². The number of nitrogens with one attached hydrogen (secondary N) is 1. The van der Waals surface area contributed by atoms with Gasteiger partial charge in [-0.15, -0.1) is 0 Å². The van der Waals surface area contributed by atoms with E-state index in [-0.39, 0.29) is 26.7 Å². The van der Waals surface area contributed by atoms with Crippen molar-refractivity contribution in [3.05, 3.63) is 52.5 Å². The van der Waals surface area contributed by atoms with Gasteiger partial charge in [0.15, 0.2) is 0 Å². The second-order valence-electron chi connectivity index (χ2n) is 7.21. The molecule has 1 N–H and O–H groups in total. The van der Waals surface area contributed by atoms with Crippen LogP contribution in [0.4, 0.5) is 11.4 Å². The van der Waals surface area contributed by atoms with Gasteiger partial charge in [-0.25, -0.2) is 17.5 Å². The summed E-state index contributed by atoms with van der Waals surface area (Å²) < 4.78 is 36.2. The van der Waals surface area contributed by atoms with Gasteiger partial charge in [0.25, 0.3) is 5.91 Å². The quantitative estimate of drug-likeness (QED) is 0.632. The molecule has 0 unspecified atom stereocenters. The van der Waals surface area contributed by atoms with E-state index in [4.69, 9.17) is 21.1 Å². The first-order valence-corrected chi connectivity index (χ1v) is 11.6. The highest BCUT2D eigenvalue weighted by Gasteiger charge is 2.24. The van der Waals surface area contributed by atoms with Gasteiger partial charge < -0.3 is 19.7 Å². The van der Waals surface area contributed by atoms with Crippen LogP contribution in [0.25, 0.3) is 0 Å². The first-order chi connectivity index (χ1) is 15.1. The largest absolute Gasteiger partial charge is 0.465 e. The summed E-state index contributed by atoms with van der Waals surface area (Å²) in [4.78, 5) is 27.1. The smallest absolute Gasteiger partial charge is 0.340 e. The summed E-state index contributed by atoms with van der Waals surface area (Å²) in [5.41, 5.74) is 1.30. The Hall–Kier alpha value is -2.66. The average molecular weight is 482 g/mol. The topological polar surface area (TPSA) is 105 Å². The van der Waals surface area contributed by atoms with Gasteiger partial charge in [0.1, 0.15) is 4.90 Å². The van der Waals surface area contributed by atoms with Crippen LogP contribution in [0.5, 0.6) is 0 Å². The van der Waals surface area contributed by atoms with Crippen LogP contribution in [-0.2, 0) is 19.5 Å². The molecular weight excluding hydrogens is 458 g/mol. The molecule has 1 aliphatic heterocycles. The first-order valence-electron chi connectivity index (χ1n) is 9.73. The summed E-state index contributed by atoms with van der Waals surface area (Å²) in [5.74, 6) is -1.21. The number of carbonyl (C=O) groups is 2. The lowest BCUT2D eigenvalue weighted by Crippen LogP contribution is -2.36. The molecule has 0 radical (unpaired) electrons. The Morgan fingerprint density at radius 3 is 2.44 bits per heavy atom. The number of halogens is 1. The van der Waals surface area contributed by atoms with E-state index >= 15 is 0 Å². The number of anilines is 2. The van der Waals surface area contributed by atoms with Gasteiger partial charge in [-0.05, 0) is 36.4 Å².